The molecule has 3 aromatic rings. The fourth-order valence-electron chi connectivity index (χ4n) is 3.92. The molecule has 0 spiro atoms. The second-order valence-corrected chi connectivity index (χ2v) is 7.28. The number of carbonyl (C=O) groups is 3. The van der Waals surface area contributed by atoms with E-state index in [9.17, 15) is 14.4 Å². The van der Waals surface area contributed by atoms with Gasteiger partial charge in [0, 0.05) is 23.1 Å². The minimum Gasteiger partial charge on any atom is -0.486 e. The van der Waals surface area contributed by atoms with E-state index in [4.69, 9.17) is 14.3 Å². The van der Waals surface area contributed by atoms with Gasteiger partial charge >= 0.3 is 5.97 Å². The minimum absolute atomic E-state index is 0.210. The largest absolute Gasteiger partial charge is 0.486 e. The number of hydrogen-bond donors (Lipinski definition) is 0. The average molecular weight is 418 g/mol. The number of imide groups is 1. The summed E-state index contributed by atoms with van der Waals surface area (Å²) in [6.45, 7) is 4.59. The van der Waals surface area contributed by atoms with Crippen LogP contribution in [0.2, 0.25) is 0 Å². The fraction of sp³-hybridized carbons (Fsp3) is 0.174. The highest BCUT2D eigenvalue weighted by atomic mass is 16.7. The Morgan fingerprint density at radius 1 is 0.903 bits per heavy atom. The predicted molar refractivity (Wildman–Crippen MR) is 109 cm³/mol. The van der Waals surface area contributed by atoms with Crippen LogP contribution in [0.1, 0.15) is 42.5 Å². The number of fused-ring (bicyclic) bond motifs is 2. The van der Waals surface area contributed by atoms with Gasteiger partial charge in [0.25, 0.3) is 11.8 Å². The second kappa shape index (κ2) is 7.02. The molecule has 8 nitrogen and oxygen atoms in total. The first-order valence-electron chi connectivity index (χ1n) is 9.75. The van der Waals surface area contributed by atoms with Crippen molar-refractivity contribution in [3.05, 3.63) is 76.6 Å². The molecule has 3 heterocycles. The monoisotopic (exact) mass is 418 g/mol. The van der Waals surface area contributed by atoms with E-state index >= 15 is 0 Å². The van der Waals surface area contributed by atoms with Crippen molar-refractivity contribution in [2.75, 3.05) is 13.2 Å². The molecule has 2 aliphatic rings. The van der Waals surface area contributed by atoms with Gasteiger partial charge in [0.1, 0.15) is 13.2 Å². The number of ether oxygens (including phenoxy) is 2. The zero-order valence-corrected chi connectivity index (χ0v) is 16.9. The van der Waals surface area contributed by atoms with Crippen molar-refractivity contribution in [1.82, 2.24) is 9.63 Å². The first-order chi connectivity index (χ1) is 15.0. The molecule has 0 fully saturated rings. The average Bonchev–Trinajstić information content (AvgIpc) is 3.21. The third-order valence-corrected chi connectivity index (χ3v) is 5.37. The predicted octanol–water partition coefficient (Wildman–Crippen LogP) is 3.23. The van der Waals surface area contributed by atoms with Crippen LogP contribution in [-0.4, -0.2) is 40.6 Å². The molecule has 0 saturated carbocycles. The summed E-state index contributed by atoms with van der Waals surface area (Å²) in [7, 11) is 0. The Kier molecular flexibility index (Phi) is 4.28. The maximum Gasteiger partial charge on any atom is 0.365 e. The molecular formula is C23H18N2O6. The molecule has 1 aromatic heterocycles. The van der Waals surface area contributed by atoms with Gasteiger partial charge < -0.3 is 18.9 Å². The van der Waals surface area contributed by atoms with E-state index < -0.39 is 17.8 Å². The van der Waals surface area contributed by atoms with Gasteiger partial charge in [-0.2, -0.15) is 0 Å². The highest BCUT2D eigenvalue weighted by molar-refractivity contribution is 6.21. The number of amides is 2. The second-order valence-electron chi connectivity index (χ2n) is 7.28. The number of rotatable bonds is 3. The van der Waals surface area contributed by atoms with Crippen molar-refractivity contribution < 1.29 is 28.7 Å². The minimum atomic E-state index is -0.786. The van der Waals surface area contributed by atoms with Crippen LogP contribution in [0, 0.1) is 13.8 Å². The Morgan fingerprint density at radius 3 is 2.23 bits per heavy atom. The van der Waals surface area contributed by atoms with Gasteiger partial charge in [0.05, 0.1) is 16.7 Å². The normalized spacial score (nSPS) is 14.6. The number of benzene rings is 2. The molecule has 0 aliphatic carbocycles. The van der Waals surface area contributed by atoms with Crippen LogP contribution in [0.4, 0.5) is 0 Å². The van der Waals surface area contributed by atoms with Crippen LogP contribution in [-0.2, 0) is 4.84 Å². The van der Waals surface area contributed by atoms with Gasteiger partial charge in [-0.3, -0.25) is 9.59 Å². The van der Waals surface area contributed by atoms with E-state index in [-0.39, 0.29) is 16.7 Å². The Morgan fingerprint density at radius 2 is 1.55 bits per heavy atom. The molecule has 0 bridgehead atoms. The van der Waals surface area contributed by atoms with Crippen LogP contribution in [0.3, 0.4) is 0 Å². The van der Waals surface area contributed by atoms with Gasteiger partial charge in [0.2, 0.25) is 0 Å². The molecule has 2 aliphatic heterocycles. The molecule has 31 heavy (non-hydrogen) atoms. The maximum atomic E-state index is 12.9. The molecule has 0 radical (unpaired) electrons. The van der Waals surface area contributed by atoms with Crippen LogP contribution in [0.15, 0.2) is 48.5 Å². The molecule has 0 N–H and O–H groups in total. The number of hydroxylamine groups is 2. The first kappa shape index (κ1) is 18.9. The maximum absolute atomic E-state index is 12.9. The van der Waals surface area contributed by atoms with Crippen molar-refractivity contribution in [2.45, 2.75) is 13.8 Å². The van der Waals surface area contributed by atoms with E-state index in [1.807, 2.05) is 29.7 Å². The Hall–Kier alpha value is -4.07. The number of aromatic nitrogens is 1. The van der Waals surface area contributed by atoms with E-state index in [0.717, 1.165) is 11.4 Å². The Balaban J connectivity index is 1.44. The van der Waals surface area contributed by atoms with Crippen molar-refractivity contribution in [3.63, 3.8) is 0 Å². The molecule has 8 heteroatoms. The lowest BCUT2D eigenvalue weighted by molar-refractivity contribution is -0.0585. The highest BCUT2D eigenvalue weighted by Gasteiger charge is 2.39. The summed E-state index contributed by atoms with van der Waals surface area (Å²) >= 11 is 0. The lowest BCUT2D eigenvalue weighted by atomic mass is 10.1. The third kappa shape index (κ3) is 2.95. The standard InChI is InChI=1S/C23H18N2O6/c1-13-11-18(14(2)24(13)15-7-8-19-20(12-15)30-10-9-29-19)23(28)31-25-21(26)16-5-3-4-6-17(16)22(25)27/h3-8,11-12H,9-10H2,1-2H3. The quantitative estimate of drug-likeness (QED) is 0.607. The zero-order chi connectivity index (χ0) is 21.7. The van der Waals surface area contributed by atoms with Crippen LogP contribution in [0.5, 0.6) is 11.5 Å². The van der Waals surface area contributed by atoms with Crippen molar-refractivity contribution in [2.24, 2.45) is 0 Å². The first-order valence-corrected chi connectivity index (χ1v) is 9.75. The highest BCUT2D eigenvalue weighted by Crippen LogP contribution is 2.33. The Bertz CT molecular complexity index is 1220. The number of hydrogen-bond acceptors (Lipinski definition) is 6. The van der Waals surface area contributed by atoms with E-state index in [2.05, 4.69) is 0 Å². The van der Waals surface area contributed by atoms with Gasteiger partial charge in [-0.1, -0.05) is 17.2 Å². The molecule has 156 valence electrons. The molecule has 0 saturated heterocycles. The van der Waals surface area contributed by atoms with Crippen molar-refractivity contribution in [1.29, 1.82) is 0 Å². The van der Waals surface area contributed by atoms with Gasteiger partial charge in [-0.15, -0.1) is 0 Å². The molecular weight excluding hydrogens is 400 g/mol. The third-order valence-electron chi connectivity index (χ3n) is 5.37. The smallest absolute Gasteiger partial charge is 0.365 e. The summed E-state index contributed by atoms with van der Waals surface area (Å²) in [6.07, 6.45) is 0. The SMILES string of the molecule is Cc1cc(C(=O)ON2C(=O)c3ccccc3C2=O)c(C)n1-c1ccc2c(c1)OCCO2. The zero-order valence-electron chi connectivity index (χ0n) is 16.9. The molecule has 2 amide bonds. The molecule has 0 unspecified atom stereocenters. The van der Waals surface area contributed by atoms with E-state index in [1.54, 1.807) is 25.1 Å². The summed E-state index contributed by atoms with van der Waals surface area (Å²) in [4.78, 5) is 43.1. The molecule has 2 aromatic carbocycles. The lowest BCUT2D eigenvalue weighted by Crippen LogP contribution is -2.32. The van der Waals surface area contributed by atoms with Crippen molar-refractivity contribution in [3.8, 4) is 17.2 Å². The summed E-state index contributed by atoms with van der Waals surface area (Å²) in [5.41, 5.74) is 2.85. The van der Waals surface area contributed by atoms with Gasteiger partial charge in [0.15, 0.2) is 11.5 Å². The number of nitrogens with zero attached hydrogens (tertiary/aromatic N) is 2. The van der Waals surface area contributed by atoms with Gasteiger partial charge in [-0.05, 0) is 44.2 Å². The van der Waals surface area contributed by atoms with Gasteiger partial charge in [-0.25, -0.2) is 4.79 Å². The molecule has 5 rings (SSSR count). The fourth-order valence-corrected chi connectivity index (χ4v) is 3.92. The van der Waals surface area contributed by atoms with Crippen LogP contribution in [0.25, 0.3) is 5.69 Å². The van der Waals surface area contributed by atoms with Crippen molar-refractivity contribution >= 4 is 17.8 Å². The molecule has 0 atom stereocenters. The number of carbonyl (C=O) groups excluding carboxylic acids is 3. The topological polar surface area (TPSA) is 87.1 Å². The Labute approximate surface area is 177 Å². The van der Waals surface area contributed by atoms with Crippen LogP contribution < -0.4 is 9.47 Å². The van der Waals surface area contributed by atoms with Crippen LogP contribution >= 0.6 is 0 Å². The number of aryl methyl sites for hydroxylation is 1. The van der Waals surface area contributed by atoms with E-state index in [0.29, 0.717) is 35.5 Å². The lowest BCUT2D eigenvalue weighted by Gasteiger charge is -2.20. The summed E-state index contributed by atoms with van der Waals surface area (Å²) < 4.78 is 13.1. The summed E-state index contributed by atoms with van der Waals surface area (Å²) in [6, 6.07) is 13.5. The van der Waals surface area contributed by atoms with E-state index in [1.165, 1.54) is 12.1 Å². The summed E-state index contributed by atoms with van der Waals surface area (Å²) in [5, 5.41) is 0.517. The summed E-state index contributed by atoms with van der Waals surface area (Å²) in [5.74, 6) is -0.801.